The quantitative estimate of drug-likeness (QED) is 0.671. The molecule has 3 aromatic carbocycles. The highest BCUT2D eigenvalue weighted by Crippen LogP contribution is 2.39. The van der Waals surface area contributed by atoms with Crippen LogP contribution in [0, 0.1) is 0 Å². The minimum atomic E-state index is -1.29. The van der Waals surface area contributed by atoms with Gasteiger partial charge >= 0.3 is 0 Å². The summed E-state index contributed by atoms with van der Waals surface area (Å²) in [6.07, 6.45) is 0. The van der Waals surface area contributed by atoms with Gasteiger partial charge in [-0.2, -0.15) is 0 Å². The van der Waals surface area contributed by atoms with E-state index < -0.39 is 16.2 Å². The third-order valence-electron chi connectivity index (χ3n) is 4.68. The van der Waals surface area contributed by atoms with Crippen LogP contribution in [-0.2, 0) is 10.8 Å². The molecular formula is C22H21NO4S. The van der Waals surface area contributed by atoms with Gasteiger partial charge in [-0.05, 0) is 54.1 Å². The minimum Gasteiger partial charge on any atom is -0.497 e. The first-order chi connectivity index (χ1) is 13.7. The predicted octanol–water partition coefficient (Wildman–Crippen LogP) is 4.38. The molecule has 5 nitrogen and oxygen atoms in total. The fourth-order valence-corrected chi connectivity index (χ4v) is 4.63. The summed E-state index contributed by atoms with van der Waals surface area (Å²) in [7, 11) is 1.97. The fourth-order valence-electron chi connectivity index (χ4n) is 3.19. The van der Waals surface area contributed by atoms with E-state index in [-0.39, 0.29) is 6.04 Å². The molecule has 1 heterocycles. The van der Waals surface area contributed by atoms with E-state index in [9.17, 15) is 4.21 Å². The molecule has 3 atom stereocenters. The number of anilines is 1. The van der Waals surface area contributed by atoms with Crippen molar-refractivity contribution < 1.29 is 18.4 Å². The van der Waals surface area contributed by atoms with Gasteiger partial charge in [-0.15, -0.1) is 0 Å². The van der Waals surface area contributed by atoms with Crippen LogP contribution in [-0.4, -0.2) is 23.9 Å². The fraction of sp³-hybridized carbons (Fsp3) is 0.182. The lowest BCUT2D eigenvalue weighted by molar-refractivity contribution is 0.267. The van der Waals surface area contributed by atoms with Gasteiger partial charge < -0.3 is 19.5 Å². The Balaban J connectivity index is 1.67. The zero-order valence-corrected chi connectivity index (χ0v) is 16.4. The number of fused-ring (bicyclic) bond motifs is 1. The molecule has 0 bridgehead atoms. The van der Waals surface area contributed by atoms with Gasteiger partial charge in [-0.25, -0.2) is 0 Å². The number of hydrogen-bond donors (Lipinski definition) is 1. The normalized spacial score (nSPS) is 18.6. The van der Waals surface area contributed by atoms with Gasteiger partial charge in [0.1, 0.15) is 34.1 Å². The second kappa shape index (κ2) is 7.94. The van der Waals surface area contributed by atoms with Crippen LogP contribution in [0.5, 0.6) is 17.2 Å². The third-order valence-corrected chi connectivity index (χ3v) is 6.24. The number of benzene rings is 3. The van der Waals surface area contributed by atoms with Crippen LogP contribution in [0.15, 0.2) is 77.7 Å². The third kappa shape index (κ3) is 3.55. The lowest BCUT2D eigenvalue weighted by Crippen LogP contribution is -2.31. The first-order valence-electron chi connectivity index (χ1n) is 8.90. The van der Waals surface area contributed by atoms with Crippen molar-refractivity contribution in [2.75, 3.05) is 19.5 Å². The summed E-state index contributed by atoms with van der Waals surface area (Å²) in [5, 5.41) is 3.48. The SMILES string of the molecule is COc1ccc(N[C@@H](c2ccc(OC)cc2)[C@@H]2Oc3ccccc3[S@@]2=O)cc1. The van der Waals surface area contributed by atoms with Crippen LogP contribution in [0.1, 0.15) is 11.6 Å². The molecule has 4 rings (SSSR count). The Bertz CT molecular complexity index is 973. The lowest BCUT2D eigenvalue weighted by atomic mass is 10.1. The molecule has 0 unspecified atom stereocenters. The molecular weight excluding hydrogens is 374 g/mol. The number of rotatable bonds is 6. The Morgan fingerprint density at radius 1 is 0.893 bits per heavy atom. The Morgan fingerprint density at radius 3 is 2.11 bits per heavy atom. The average molecular weight is 395 g/mol. The van der Waals surface area contributed by atoms with Crippen molar-refractivity contribution in [2.24, 2.45) is 0 Å². The summed E-state index contributed by atoms with van der Waals surface area (Å²) in [6.45, 7) is 0. The Hall–Kier alpha value is -2.99. The molecule has 1 aliphatic rings. The van der Waals surface area contributed by atoms with Crippen LogP contribution >= 0.6 is 0 Å². The van der Waals surface area contributed by atoms with E-state index in [1.165, 1.54) is 0 Å². The van der Waals surface area contributed by atoms with Gasteiger partial charge in [0.25, 0.3) is 0 Å². The molecule has 0 amide bonds. The Kier molecular flexibility index (Phi) is 5.21. The van der Waals surface area contributed by atoms with Crippen LogP contribution in [0.4, 0.5) is 5.69 Å². The summed E-state index contributed by atoms with van der Waals surface area (Å²) in [5.41, 5.74) is 1.30. The van der Waals surface area contributed by atoms with Gasteiger partial charge in [0, 0.05) is 5.69 Å². The van der Waals surface area contributed by atoms with E-state index >= 15 is 0 Å². The number of para-hydroxylation sites is 1. The summed E-state index contributed by atoms with van der Waals surface area (Å²) in [6, 6.07) is 22.5. The molecule has 144 valence electrons. The highest BCUT2D eigenvalue weighted by Gasteiger charge is 2.38. The summed E-state index contributed by atoms with van der Waals surface area (Å²) < 4.78 is 29.7. The smallest absolute Gasteiger partial charge is 0.201 e. The molecule has 0 spiro atoms. The van der Waals surface area contributed by atoms with E-state index in [4.69, 9.17) is 14.2 Å². The second-order valence-electron chi connectivity index (χ2n) is 6.35. The average Bonchev–Trinajstić information content (AvgIpc) is 3.09. The van der Waals surface area contributed by atoms with Crippen LogP contribution in [0.25, 0.3) is 0 Å². The van der Waals surface area contributed by atoms with Gasteiger partial charge in [-0.1, -0.05) is 24.3 Å². The zero-order chi connectivity index (χ0) is 19.5. The maximum Gasteiger partial charge on any atom is 0.201 e. The van der Waals surface area contributed by atoms with Crippen LogP contribution in [0.2, 0.25) is 0 Å². The first-order valence-corrected chi connectivity index (χ1v) is 10.1. The van der Waals surface area contributed by atoms with E-state index in [2.05, 4.69) is 5.32 Å². The minimum absolute atomic E-state index is 0.312. The highest BCUT2D eigenvalue weighted by molar-refractivity contribution is 7.86. The van der Waals surface area contributed by atoms with Crippen molar-refractivity contribution in [1.29, 1.82) is 0 Å². The monoisotopic (exact) mass is 395 g/mol. The first kappa shape index (κ1) is 18.4. The number of hydrogen-bond acceptors (Lipinski definition) is 5. The summed E-state index contributed by atoms with van der Waals surface area (Å²) >= 11 is 0. The zero-order valence-electron chi connectivity index (χ0n) is 15.6. The van der Waals surface area contributed by atoms with Crippen molar-refractivity contribution in [3.05, 3.63) is 78.4 Å². The standard InChI is InChI=1S/C22H21NO4S/c1-25-17-11-7-15(8-12-17)21(23-16-9-13-18(26-2)14-10-16)22-27-19-5-3-4-6-20(19)28(22)24/h3-14,21-23H,1-2H3/t21-,22+,28-/m0/s1. The van der Waals surface area contributed by atoms with E-state index in [1.54, 1.807) is 14.2 Å². The lowest BCUT2D eigenvalue weighted by Gasteiger charge is -2.25. The maximum absolute atomic E-state index is 13.1. The molecule has 1 N–H and O–H groups in total. The maximum atomic E-state index is 13.1. The molecule has 3 aromatic rings. The van der Waals surface area contributed by atoms with E-state index in [0.29, 0.717) is 5.75 Å². The van der Waals surface area contributed by atoms with Gasteiger partial charge in [0.05, 0.1) is 19.1 Å². The van der Waals surface area contributed by atoms with Crippen LogP contribution in [0.3, 0.4) is 0 Å². The molecule has 1 aliphatic heterocycles. The number of nitrogens with one attached hydrogen (secondary N) is 1. The molecule has 0 aromatic heterocycles. The van der Waals surface area contributed by atoms with Gasteiger partial charge in [-0.3, -0.25) is 4.21 Å². The molecule has 0 aliphatic carbocycles. The van der Waals surface area contributed by atoms with Crippen molar-refractivity contribution in [3.8, 4) is 17.2 Å². The molecule has 28 heavy (non-hydrogen) atoms. The molecule has 0 fully saturated rings. The van der Waals surface area contributed by atoms with E-state index in [0.717, 1.165) is 27.6 Å². The topological polar surface area (TPSA) is 56.8 Å². The molecule has 0 saturated carbocycles. The Labute approximate surface area is 166 Å². The van der Waals surface area contributed by atoms with Crippen LogP contribution < -0.4 is 19.5 Å². The highest BCUT2D eigenvalue weighted by atomic mass is 32.2. The predicted molar refractivity (Wildman–Crippen MR) is 110 cm³/mol. The summed E-state index contributed by atoms with van der Waals surface area (Å²) in [4.78, 5) is 0.725. The van der Waals surface area contributed by atoms with Crippen molar-refractivity contribution >= 4 is 16.5 Å². The van der Waals surface area contributed by atoms with Gasteiger partial charge in [0.15, 0.2) is 0 Å². The Morgan fingerprint density at radius 2 is 1.50 bits per heavy atom. The number of methoxy groups -OCH3 is 2. The largest absolute Gasteiger partial charge is 0.497 e. The molecule has 6 heteroatoms. The number of ether oxygens (including phenoxy) is 3. The van der Waals surface area contributed by atoms with E-state index in [1.807, 2.05) is 72.8 Å². The van der Waals surface area contributed by atoms with Crippen molar-refractivity contribution in [2.45, 2.75) is 16.4 Å². The summed E-state index contributed by atoms with van der Waals surface area (Å²) in [5.74, 6) is 2.21. The van der Waals surface area contributed by atoms with Crippen molar-refractivity contribution in [1.82, 2.24) is 0 Å². The molecule has 0 saturated heterocycles. The van der Waals surface area contributed by atoms with Gasteiger partial charge in [0.2, 0.25) is 5.44 Å². The second-order valence-corrected chi connectivity index (χ2v) is 7.85. The molecule has 0 radical (unpaired) electrons. The van der Waals surface area contributed by atoms with Crippen molar-refractivity contribution in [3.63, 3.8) is 0 Å².